The molecule has 0 aromatic heterocycles. The van der Waals surface area contributed by atoms with Crippen LogP contribution in [0.5, 0.6) is 0 Å². The molecule has 2 nitrogen and oxygen atoms in total. The van der Waals surface area contributed by atoms with Crippen LogP contribution in [0.25, 0.3) is 0 Å². The van der Waals surface area contributed by atoms with Crippen molar-refractivity contribution >= 4 is 0 Å². The van der Waals surface area contributed by atoms with Gasteiger partial charge in [-0.25, -0.2) is 0 Å². The predicted molar refractivity (Wildman–Crippen MR) is 67.6 cm³/mol. The Morgan fingerprint density at radius 2 is 1.81 bits per heavy atom. The van der Waals surface area contributed by atoms with Crippen LogP contribution in [0.3, 0.4) is 0 Å². The van der Waals surface area contributed by atoms with Crippen LogP contribution in [-0.2, 0) is 4.74 Å². The number of hydrogen-bond acceptors (Lipinski definition) is 2. The topological polar surface area (TPSA) is 29.5 Å². The molecule has 0 spiro atoms. The number of rotatable bonds is 10. The van der Waals surface area contributed by atoms with Gasteiger partial charge in [-0.2, -0.15) is 0 Å². The largest absolute Gasteiger partial charge is 0.393 e. The van der Waals surface area contributed by atoms with Gasteiger partial charge >= 0.3 is 0 Å². The zero-order valence-corrected chi connectivity index (χ0v) is 10.8. The molecule has 0 amide bonds. The van der Waals surface area contributed by atoms with E-state index in [2.05, 4.69) is 6.92 Å². The van der Waals surface area contributed by atoms with Crippen LogP contribution >= 0.6 is 0 Å². The van der Waals surface area contributed by atoms with Crippen molar-refractivity contribution in [2.24, 2.45) is 0 Å². The Labute approximate surface area is 100 Å². The minimum absolute atomic E-state index is 0.0679. The first-order chi connectivity index (χ1) is 7.83. The van der Waals surface area contributed by atoms with Crippen molar-refractivity contribution in [1.82, 2.24) is 0 Å². The maximum atomic E-state index is 9.77. The summed E-state index contributed by atoms with van der Waals surface area (Å²) < 4.78 is 5.36. The molecule has 1 saturated heterocycles. The lowest BCUT2D eigenvalue weighted by Crippen LogP contribution is -2.26. The van der Waals surface area contributed by atoms with Crippen LogP contribution in [0, 0.1) is 0 Å². The van der Waals surface area contributed by atoms with Crippen LogP contribution < -0.4 is 0 Å². The maximum absolute atomic E-state index is 9.77. The molecule has 2 unspecified atom stereocenters. The van der Waals surface area contributed by atoms with E-state index in [0.29, 0.717) is 6.10 Å². The van der Waals surface area contributed by atoms with Crippen LogP contribution in [0.2, 0.25) is 0 Å². The zero-order chi connectivity index (χ0) is 11.6. The molecule has 0 aliphatic carbocycles. The molecule has 96 valence electrons. The lowest BCUT2D eigenvalue weighted by atomic mass is 10.0. The monoisotopic (exact) mass is 228 g/mol. The first kappa shape index (κ1) is 14.0. The highest BCUT2D eigenvalue weighted by Crippen LogP contribution is 2.19. The van der Waals surface area contributed by atoms with Gasteiger partial charge in [0.25, 0.3) is 0 Å². The van der Waals surface area contributed by atoms with Gasteiger partial charge in [0.15, 0.2) is 0 Å². The van der Waals surface area contributed by atoms with E-state index in [9.17, 15) is 5.11 Å². The van der Waals surface area contributed by atoms with Gasteiger partial charge in [0.05, 0.1) is 12.2 Å². The van der Waals surface area contributed by atoms with Crippen LogP contribution in [0.4, 0.5) is 0 Å². The van der Waals surface area contributed by atoms with Crippen molar-refractivity contribution in [2.45, 2.75) is 83.3 Å². The van der Waals surface area contributed by atoms with E-state index >= 15 is 0 Å². The third kappa shape index (κ3) is 6.49. The van der Waals surface area contributed by atoms with Crippen LogP contribution in [0.1, 0.15) is 71.1 Å². The summed E-state index contributed by atoms with van der Waals surface area (Å²) in [4.78, 5) is 0. The van der Waals surface area contributed by atoms with Gasteiger partial charge < -0.3 is 9.84 Å². The van der Waals surface area contributed by atoms with Gasteiger partial charge in [0.2, 0.25) is 0 Å². The molecule has 0 radical (unpaired) electrons. The molecule has 16 heavy (non-hydrogen) atoms. The van der Waals surface area contributed by atoms with E-state index in [4.69, 9.17) is 4.74 Å². The van der Waals surface area contributed by atoms with E-state index in [-0.39, 0.29) is 6.10 Å². The third-order valence-electron chi connectivity index (χ3n) is 3.50. The average Bonchev–Trinajstić information content (AvgIpc) is 2.21. The summed E-state index contributed by atoms with van der Waals surface area (Å²) in [6.45, 7) is 3.18. The SMILES string of the molecule is CCCCCCCC(O)CCCC1CCO1. The molecular formula is C14H28O2. The highest BCUT2D eigenvalue weighted by molar-refractivity contribution is 4.67. The Hall–Kier alpha value is -0.0800. The molecule has 0 bridgehead atoms. The number of aliphatic hydroxyl groups excluding tert-OH is 1. The molecular weight excluding hydrogens is 200 g/mol. The molecule has 1 fully saturated rings. The standard InChI is InChI=1S/C14H28O2/c1-2-3-4-5-6-8-13(15)9-7-10-14-11-12-16-14/h13-15H,2-12H2,1H3. The third-order valence-corrected chi connectivity index (χ3v) is 3.50. The van der Waals surface area contributed by atoms with Crippen LogP contribution in [0.15, 0.2) is 0 Å². The fourth-order valence-corrected chi connectivity index (χ4v) is 2.22. The molecule has 1 rings (SSSR count). The van der Waals surface area contributed by atoms with Crippen molar-refractivity contribution in [3.8, 4) is 0 Å². The van der Waals surface area contributed by atoms with E-state index in [1.165, 1.54) is 38.5 Å². The zero-order valence-electron chi connectivity index (χ0n) is 10.8. The van der Waals surface area contributed by atoms with E-state index in [1.807, 2.05) is 0 Å². The summed E-state index contributed by atoms with van der Waals surface area (Å²) in [5, 5.41) is 9.77. The summed E-state index contributed by atoms with van der Waals surface area (Å²) in [6.07, 6.45) is 12.4. The minimum Gasteiger partial charge on any atom is -0.393 e. The van der Waals surface area contributed by atoms with Gasteiger partial charge in [-0.15, -0.1) is 0 Å². The van der Waals surface area contributed by atoms with E-state index in [0.717, 1.165) is 32.3 Å². The lowest BCUT2D eigenvalue weighted by molar-refractivity contribution is -0.0567. The normalized spacial score (nSPS) is 21.8. The highest BCUT2D eigenvalue weighted by Gasteiger charge is 2.17. The minimum atomic E-state index is -0.0679. The van der Waals surface area contributed by atoms with Gasteiger partial charge in [0.1, 0.15) is 0 Å². The second kappa shape index (κ2) is 9.00. The van der Waals surface area contributed by atoms with Gasteiger partial charge in [0, 0.05) is 6.61 Å². The average molecular weight is 228 g/mol. The lowest BCUT2D eigenvalue weighted by Gasteiger charge is -2.26. The molecule has 1 N–H and O–H groups in total. The molecule has 1 aliphatic heterocycles. The fraction of sp³-hybridized carbons (Fsp3) is 1.00. The summed E-state index contributed by atoms with van der Waals surface area (Å²) in [5.41, 5.74) is 0. The van der Waals surface area contributed by atoms with Gasteiger partial charge in [-0.1, -0.05) is 39.0 Å². The van der Waals surface area contributed by atoms with Crippen LogP contribution in [-0.4, -0.2) is 23.9 Å². The Morgan fingerprint density at radius 3 is 2.44 bits per heavy atom. The Kier molecular flexibility index (Phi) is 7.87. The predicted octanol–water partition coefficient (Wildman–Crippen LogP) is 3.67. The Bertz CT molecular complexity index is 155. The summed E-state index contributed by atoms with van der Waals surface area (Å²) in [7, 11) is 0. The molecule has 0 aromatic carbocycles. The molecule has 2 atom stereocenters. The Morgan fingerprint density at radius 1 is 1.12 bits per heavy atom. The summed E-state index contributed by atoms with van der Waals surface area (Å²) >= 11 is 0. The molecule has 0 saturated carbocycles. The second-order valence-corrected chi connectivity index (χ2v) is 5.07. The first-order valence-electron chi connectivity index (χ1n) is 7.12. The second-order valence-electron chi connectivity index (χ2n) is 5.07. The molecule has 0 aromatic rings. The van der Waals surface area contributed by atoms with Gasteiger partial charge in [-0.3, -0.25) is 0 Å². The van der Waals surface area contributed by atoms with Crippen molar-refractivity contribution in [3.63, 3.8) is 0 Å². The molecule has 1 heterocycles. The summed E-state index contributed by atoms with van der Waals surface area (Å²) in [6, 6.07) is 0. The first-order valence-corrected chi connectivity index (χ1v) is 7.12. The summed E-state index contributed by atoms with van der Waals surface area (Å²) in [5.74, 6) is 0. The molecule has 1 aliphatic rings. The highest BCUT2D eigenvalue weighted by atomic mass is 16.5. The maximum Gasteiger partial charge on any atom is 0.0597 e. The number of hydrogen-bond donors (Lipinski definition) is 1. The molecule has 2 heteroatoms. The van der Waals surface area contributed by atoms with Crippen molar-refractivity contribution in [2.75, 3.05) is 6.61 Å². The number of aliphatic hydroxyl groups is 1. The number of unbranched alkanes of at least 4 members (excludes halogenated alkanes) is 4. The fourth-order valence-electron chi connectivity index (χ4n) is 2.22. The quantitative estimate of drug-likeness (QED) is 0.578. The van der Waals surface area contributed by atoms with E-state index < -0.39 is 0 Å². The van der Waals surface area contributed by atoms with Crippen molar-refractivity contribution in [3.05, 3.63) is 0 Å². The number of ether oxygens (including phenoxy) is 1. The Balaban J connectivity index is 1.80. The van der Waals surface area contributed by atoms with E-state index in [1.54, 1.807) is 0 Å². The van der Waals surface area contributed by atoms with Crippen molar-refractivity contribution in [1.29, 1.82) is 0 Å². The van der Waals surface area contributed by atoms with Gasteiger partial charge in [-0.05, 0) is 32.1 Å². The van der Waals surface area contributed by atoms with Crippen molar-refractivity contribution < 1.29 is 9.84 Å². The smallest absolute Gasteiger partial charge is 0.0597 e.